The van der Waals surface area contributed by atoms with E-state index in [0.29, 0.717) is 0 Å². The van der Waals surface area contributed by atoms with Crippen LogP contribution in [0.5, 0.6) is 0 Å². The minimum absolute atomic E-state index is 0.0158. The molecule has 5 aliphatic rings. The van der Waals surface area contributed by atoms with Gasteiger partial charge in [-0.3, -0.25) is 14.4 Å². The normalized spacial score (nSPS) is 45.4. The number of fused-ring (bicyclic) bond motifs is 7. The molecule has 0 bridgehead atoms. The smallest absolute Gasteiger partial charge is 0.341 e. The van der Waals surface area contributed by atoms with Crippen LogP contribution >= 0.6 is 0 Å². The van der Waals surface area contributed by atoms with Gasteiger partial charge in [0, 0.05) is 17.3 Å². The molecule has 0 amide bonds. The summed E-state index contributed by atoms with van der Waals surface area (Å²) in [7, 11) is 2.78. The van der Waals surface area contributed by atoms with Crippen molar-refractivity contribution in [2.24, 2.45) is 50.7 Å². The van der Waals surface area contributed by atoms with E-state index in [1.807, 2.05) is 19.1 Å². The number of allylic oxidation sites excluding steroid dienone is 3. The van der Waals surface area contributed by atoms with Crippen LogP contribution in [0.3, 0.4) is 0 Å². The first-order valence-electron chi connectivity index (χ1n) is 14.3. The van der Waals surface area contributed by atoms with Crippen LogP contribution in [-0.2, 0) is 28.7 Å². The maximum absolute atomic E-state index is 14.4. The zero-order chi connectivity index (χ0) is 28.1. The third-order valence-corrected chi connectivity index (χ3v) is 12.4. The van der Waals surface area contributed by atoms with Gasteiger partial charge in [0.2, 0.25) is 0 Å². The van der Waals surface area contributed by atoms with Crippen molar-refractivity contribution in [3.63, 3.8) is 0 Å². The minimum atomic E-state index is -0.614. The molecule has 0 heterocycles. The topological polar surface area (TPSA) is 86.7 Å². The zero-order valence-electron chi connectivity index (χ0n) is 24.4. The highest BCUT2D eigenvalue weighted by Gasteiger charge is 2.70. The van der Waals surface area contributed by atoms with Crippen molar-refractivity contribution in [2.45, 2.75) is 86.5 Å². The summed E-state index contributed by atoms with van der Waals surface area (Å²) < 4.78 is 10.4. The maximum atomic E-state index is 14.4. The lowest BCUT2D eigenvalue weighted by Gasteiger charge is -2.68. The Morgan fingerprint density at radius 3 is 2.18 bits per heavy atom. The highest BCUT2D eigenvalue weighted by molar-refractivity contribution is 6.19. The van der Waals surface area contributed by atoms with Crippen molar-refractivity contribution in [1.29, 1.82) is 0 Å². The molecule has 208 valence electrons. The van der Waals surface area contributed by atoms with Gasteiger partial charge in [-0.15, -0.1) is 0 Å². The van der Waals surface area contributed by atoms with Gasteiger partial charge in [-0.1, -0.05) is 53.2 Å². The quantitative estimate of drug-likeness (QED) is 0.343. The van der Waals surface area contributed by atoms with Gasteiger partial charge in [0.15, 0.2) is 11.6 Å². The summed E-state index contributed by atoms with van der Waals surface area (Å²) in [6, 6.07) is 0. The number of methoxy groups -OCH3 is 2. The predicted octanol–water partition coefficient (Wildman–Crippen LogP) is 5.64. The van der Waals surface area contributed by atoms with Crippen molar-refractivity contribution in [1.82, 2.24) is 0 Å². The fraction of sp³-hybridized carbons (Fsp3) is 0.750. The van der Waals surface area contributed by atoms with Crippen molar-refractivity contribution in [3.8, 4) is 0 Å². The monoisotopic (exact) mass is 524 g/mol. The number of esters is 2. The zero-order valence-corrected chi connectivity index (χ0v) is 24.4. The lowest BCUT2D eigenvalue weighted by Crippen LogP contribution is -2.65. The SMILES string of the molecule is COC(=O)C1=C[C@]2(C)C3=CC(=O)[C@@H]4[C@@H]5CC(C)(C)CC[C@]5(C(=O)OC)CC[C@@]4(C)[C@]3(C)CC[C@H]2[C@H](C)C1=O. The fourth-order valence-corrected chi connectivity index (χ4v) is 9.99. The Kier molecular flexibility index (Phi) is 6.03. The molecular formula is C32H44O6. The van der Waals surface area contributed by atoms with Gasteiger partial charge in [0.05, 0.1) is 25.2 Å². The average molecular weight is 525 g/mol. The first-order valence-corrected chi connectivity index (χ1v) is 14.3. The Hall–Kier alpha value is -2.24. The van der Waals surface area contributed by atoms with Gasteiger partial charge in [0.25, 0.3) is 0 Å². The first kappa shape index (κ1) is 27.3. The Morgan fingerprint density at radius 1 is 0.895 bits per heavy atom. The molecule has 3 saturated carbocycles. The van der Waals surface area contributed by atoms with Crippen LogP contribution in [0.2, 0.25) is 0 Å². The van der Waals surface area contributed by atoms with Gasteiger partial charge in [-0.25, -0.2) is 4.79 Å². The summed E-state index contributed by atoms with van der Waals surface area (Å²) in [5.74, 6) is -1.49. The summed E-state index contributed by atoms with van der Waals surface area (Å²) in [4.78, 5) is 53.6. The van der Waals surface area contributed by atoms with Gasteiger partial charge in [0.1, 0.15) is 0 Å². The molecule has 0 spiro atoms. The Morgan fingerprint density at radius 2 is 1.55 bits per heavy atom. The molecule has 0 N–H and O–H groups in total. The number of carbonyl (C=O) groups excluding carboxylic acids is 4. The molecule has 38 heavy (non-hydrogen) atoms. The highest BCUT2D eigenvalue weighted by Crippen LogP contribution is 2.73. The number of hydrogen-bond acceptors (Lipinski definition) is 6. The average Bonchev–Trinajstić information content (AvgIpc) is 2.86. The van der Waals surface area contributed by atoms with Crippen LogP contribution in [0.1, 0.15) is 86.5 Å². The molecule has 6 nitrogen and oxygen atoms in total. The van der Waals surface area contributed by atoms with Crippen LogP contribution in [-0.4, -0.2) is 37.7 Å². The van der Waals surface area contributed by atoms with E-state index < -0.39 is 16.8 Å². The summed E-state index contributed by atoms with van der Waals surface area (Å²) in [6.45, 7) is 13.1. The van der Waals surface area contributed by atoms with E-state index in [0.717, 1.165) is 50.5 Å². The van der Waals surface area contributed by atoms with E-state index in [1.165, 1.54) is 14.2 Å². The third-order valence-electron chi connectivity index (χ3n) is 12.4. The van der Waals surface area contributed by atoms with Gasteiger partial charge < -0.3 is 9.47 Å². The maximum Gasteiger partial charge on any atom is 0.341 e. The summed E-state index contributed by atoms with van der Waals surface area (Å²) >= 11 is 0. The second-order valence-electron chi connectivity index (χ2n) is 14.4. The van der Waals surface area contributed by atoms with Gasteiger partial charge in [-0.2, -0.15) is 0 Å². The van der Waals surface area contributed by atoms with Crippen LogP contribution in [0, 0.1) is 50.7 Å². The number of carbonyl (C=O) groups is 4. The Labute approximate surface area is 227 Å². The van der Waals surface area contributed by atoms with Crippen molar-refractivity contribution in [3.05, 3.63) is 23.3 Å². The lowest BCUT2D eigenvalue weighted by molar-refractivity contribution is -0.190. The Balaban J connectivity index is 1.69. The molecule has 0 radical (unpaired) electrons. The molecule has 0 aromatic heterocycles. The second kappa shape index (κ2) is 8.38. The number of rotatable bonds is 2. The predicted molar refractivity (Wildman–Crippen MR) is 143 cm³/mol. The van der Waals surface area contributed by atoms with Crippen LogP contribution < -0.4 is 0 Å². The van der Waals surface area contributed by atoms with Crippen LogP contribution in [0.4, 0.5) is 0 Å². The first-order chi connectivity index (χ1) is 17.6. The van der Waals surface area contributed by atoms with Crippen molar-refractivity contribution < 1.29 is 28.7 Å². The van der Waals surface area contributed by atoms with E-state index in [1.54, 1.807) is 0 Å². The largest absolute Gasteiger partial charge is 0.469 e. The van der Waals surface area contributed by atoms with E-state index in [9.17, 15) is 19.2 Å². The van der Waals surface area contributed by atoms with E-state index >= 15 is 0 Å². The fourth-order valence-electron chi connectivity index (χ4n) is 9.99. The molecule has 0 aromatic carbocycles. The molecule has 0 aromatic rings. The summed E-state index contributed by atoms with van der Waals surface area (Å²) in [5.41, 5.74) is -0.669. The van der Waals surface area contributed by atoms with Gasteiger partial charge >= 0.3 is 11.9 Å². The Bertz CT molecular complexity index is 1180. The van der Waals surface area contributed by atoms with Gasteiger partial charge in [-0.05, 0) is 79.1 Å². The van der Waals surface area contributed by atoms with E-state index in [2.05, 4.69) is 34.6 Å². The van der Waals surface area contributed by atoms with Crippen LogP contribution in [0.25, 0.3) is 0 Å². The molecule has 0 aliphatic heterocycles. The molecule has 6 heteroatoms. The molecule has 8 atom stereocenters. The van der Waals surface area contributed by atoms with E-state index in [-0.39, 0.29) is 63.0 Å². The second-order valence-corrected chi connectivity index (χ2v) is 14.4. The molecule has 0 saturated heterocycles. The molecule has 5 rings (SSSR count). The minimum Gasteiger partial charge on any atom is -0.469 e. The number of ether oxygens (including phenoxy) is 2. The number of ketones is 2. The van der Waals surface area contributed by atoms with Crippen molar-refractivity contribution in [2.75, 3.05) is 14.2 Å². The standard InChI is InChI=1S/C32H44O6/c1-18-20-9-10-30(5)23(29(20,4)16-19(25(18)34)26(35)37-7)15-22(33)24-21-17-28(2,3)11-13-32(21,27(36)38-8)14-12-31(24,30)6/h15-16,18,20-21,24H,9-14,17H2,1-8H3/t18-,20-,21-,24-,29-,30+,31+,32-/m0/s1. The number of Topliss-reactive ketones (excluding diaryl/α,β-unsaturated/α-hetero) is 1. The van der Waals surface area contributed by atoms with Crippen molar-refractivity contribution >= 4 is 23.5 Å². The molecule has 3 fully saturated rings. The molecule has 5 aliphatic carbocycles. The summed E-state index contributed by atoms with van der Waals surface area (Å²) in [5, 5.41) is 0. The number of hydrogen-bond donors (Lipinski definition) is 0. The molecule has 0 unspecified atom stereocenters. The highest BCUT2D eigenvalue weighted by atomic mass is 16.5. The van der Waals surface area contributed by atoms with Crippen LogP contribution in [0.15, 0.2) is 23.3 Å². The summed E-state index contributed by atoms with van der Waals surface area (Å²) in [6.07, 6.45) is 9.42. The molecular weight excluding hydrogens is 480 g/mol. The van der Waals surface area contributed by atoms with E-state index in [4.69, 9.17) is 9.47 Å². The third kappa shape index (κ3) is 3.30. The lowest BCUT2D eigenvalue weighted by atomic mass is 9.35.